The van der Waals surface area contributed by atoms with Gasteiger partial charge in [0.15, 0.2) is 6.79 Å². The molecule has 7 nitrogen and oxygen atoms in total. The number of carbonyl (C=O) groups excluding carboxylic acids is 2. The van der Waals surface area contributed by atoms with Crippen molar-refractivity contribution in [3.05, 3.63) is 60.2 Å². The molecule has 0 aromatic heterocycles. The van der Waals surface area contributed by atoms with Crippen LogP contribution in [-0.4, -0.2) is 45.8 Å². The van der Waals surface area contributed by atoms with Gasteiger partial charge in [0.1, 0.15) is 13.4 Å². The summed E-state index contributed by atoms with van der Waals surface area (Å²) in [6, 6.07) is 9.68. The molecule has 1 aromatic carbocycles. The van der Waals surface area contributed by atoms with E-state index < -0.39 is 11.9 Å². The van der Waals surface area contributed by atoms with Crippen molar-refractivity contribution >= 4 is 11.9 Å². The molecule has 0 amide bonds. The molecule has 0 unspecified atom stereocenters. The van der Waals surface area contributed by atoms with Crippen molar-refractivity contribution in [2.45, 2.75) is 20.5 Å². The zero-order chi connectivity index (χ0) is 20.5. The van der Waals surface area contributed by atoms with Crippen LogP contribution in [0.5, 0.6) is 0 Å². The molecule has 0 aliphatic carbocycles. The fraction of sp³-hybridized carbons (Fsp3) is 0.400. The fourth-order valence-corrected chi connectivity index (χ4v) is 1.41. The second-order valence-corrected chi connectivity index (χ2v) is 5.40. The molecule has 0 saturated heterocycles. The average Bonchev–Trinajstić information content (AvgIpc) is 2.66. The van der Waals surface area contributed by atoms with Crippen LogP contribution in [0.4, 0.5) is 0 Å². The van der Waals surface area contributed by atoms with Gasteiger partial charge >= 0.3 is 11.9 Å². The first-order valence-corrected chi connectivity index (χ1v) is 8.22. The van der Waals surface area contributed by atoms with Crippen LogP contribution in [0.25, 0.3) is 0 Å². The second kappa shape index (κ2) is 15.7. The summed E-state index contributed by atoms with van der Waals surface area (Å²) in [5.41, 5.74) is 1.81. The monoisotopic (exact) mass is 380 g/mol. The van der Waals surface area contributed by atoms with Crippen LogP contribution in [0, 0.1) is 0 Å². The number of rotatable bonds is 11. The zero-order valence-electron chi connectivity index (χ0n) is 16.2. The van der Waals surface area contributed by atoms with Gasteiger partial charge < -0.3 is 23.7 Å². The summed E-state index contributed by atoms with van der Waals surface area (Å²) in [5.74, 6) is -0.820. The molecule has 0 fully saturated rings. The molecule has 7 heteroatoms. The molecule has 0 aliphatic heterocycles. The normalized spacial score (nSPS) is 9.59. The number of hydrogen-bond donors (Lipinski definition) is 0. The summed E-state index contributed by atoms with van der Waals surface area (Å²) in [7, 11) is 1.53. The Morgan fingerprint density at radius 1 is 0.852 bits per heavy atom. The van der Waals surface area contributed by atoms with E-state index in [-0.39, 0.29) is 20.2 Å². The van der Waals surface area contributed by atoms with E-state index in [2.05, 4.69) is 17.9 Å². The Morgan fingerprint density at radius 2 is 1.44 bits per heavy atom. The Hall–Kier alpha value is -2.48. The van der Waals surface area contributed by atoms with Crippen LogP contribution in [0.15, 0.2) is 54.6 Å². The minimum absolute atomic E-state index is 0.0411. The molecular formula is C20H28O7. The molecule has 0 N–H and O–H groups in total. The van der Waals surface area contributed by atoms with E-state index in [0.717, 1.165) is 5.56 Å². The van der Waals surface area contributed by atoms with Crippen molar-refractivity contribution in [2.75, 3.05) is 33.9 Å². The average molecular weight is 380 g/mol. The lowest BCUT2D eigenvalue weighted by molar-refractivity contribution is -0.152. The number of hydrogen-bond acceptors (Lipinski definition) is 7. The molecular weight excluding hydrogens is 352 g/mol. The molecule has 0 atom stereocenters. The highest BCUT2D eigenvalue weighted by Gasteiger charge is 2.02. The fourth-order valence-electron chi connectivity index (χ4n) is 1.41. The van der Waals surface area contributed by atoms with Crippen LogP contribution < -0.4 is 0 Å². The van der Waals surface area contributed by atoms with E-state index >= 15 is 0 Å². The predicted octanol–water partition coefficient (Wildman–Crippen LogP) is 3.01. The Labute approximate surface area is 160 Å². The van der Waals surface area contributed by atoms with Gasteiger partial charge in [-0.3, -0.25) is 0 Å². The van der Waals surface area contributed by atoms with Crippen molar-refractivity contribution in [3.8, 4) is 0 Å². The summed E-state index contributed by atoms with van der Waals surface area (Å²) >= 11 is 0. The Balaban J connectivity index is 0.000000516. The van der Waals surface area contributed by atoms with Gasteiger partial charge in [-0.05, 0) is 19.4 Å². The van der Waals surface area contributed by atoms with Gasteiger partial charge in [-0.25, -0.2) is 9.59 Å². The molecule has 1 aromatic rings. The predicted molar refractivity (Wildman–Crippen MR) is 101 cm³/mol. The van der Waals surface area contributed by atoms with Crippen LogP contribution >= 0.6 is 0 Å². The van der Waals surface area contributed by atoms with Gasteiger partial charge in [0.25, 0.3) is 0 Å². The first-order valence-electron chi connectivity index (χ1n) is 8.22. The van der Waals surface area contributed by atoms with Gasteiger partial charge in [0, 0.05) is 18.3 Å². The summed E-state index contributed by atoms with van der Waals surface area (Å²) in [5, 5.41) is 0. The first-order chi connectivity index (χ1) is 12.9. The summed E-state index contributed by atoms with van der Waals surface area (Å²) in [6.45, 7) is 11.3. The third-order valence-corrected chi connectivity index (χ3v) is 2.74. The maximum absolute atomic E-state index is 11.0. The minimum Gasteiger partial charge on any atom is -0.460 e. The molecule has 0 heterocycles. The maximum Gasteiger partial charge on any atom is 0.335 e. The minimum atomic E-state index is -0.428. The lowest BCUT2D eigenvalue weighted by Gasteiger charge is -2.05. The molecule has 0 spiro atoms. The Morgan fingerprint density at radius 3 is 2.00 bits per heavy atom. The van der Waals surface area contributed by atoms with Crippen LogP contribution in [0.1, 0.15) is 19.4 Å². The number of esters is 2. The third kappa shape index (κ3) is 14.4. The maximum atomic E-state index is 11.0. The summed E-state index contributed by atoms with van der Waals surface area (Å²) in [4.78, 5) is 21.7. The summed E-state index contributed by atoms with van der Waals surface area (Å²) < 4.78 is 24.2. The van der Waals surface area contributed by atoms with Crippen molar-refractivity contribution in [1.82, 2.24) is 0 Å². The standard InChI is InChI=1S/C12H14O3.C8H14O4/c1-10(2)12(13)15-9-14-8-11-6-4-3-5-7-11;1-7(2)8(9)12-5-4-11-6-10-3/h3-7H,1,8-9H2,2H3;1,4-6H2,2-3H3. The van der Waals surface area contributed by atoms with Gasteiger partial charge in [0.2, 0.25) is 0 Å². The van der Waals surface area contributed by atoms with Crippen LogP contribution in [0.2, 0.25) is 0 Å². The number of methoxy groups -OCH3 is 1. The largest absolute Gasteiger partial charge is 0.460 e. The highest BCUT2D eigenvalue weighted by molar-refractivity contribution is 5.87. The first kappa shape index (κ1) is 24.5. The van der Waals surface area contributed by atoms with Crippen LogP contribution in [-0.2, 0) is 39.9 Å². The SMILES string of the molecule is C=C(C)C(=O)OCCOCOC.C=C(C)C(=O)OCOCc1ccccc1. The number of ether oxygens (including phenoxy) is 5. The number of carbonyl (C=O) groups is 2. The smallest absolute Gasteiger partial charge is 0.335 e. The van der Waals surface area contributed by atoms with E-state index in [1.807, 2.05) is 30.3 Å². The Bertz CT molecular complexity index is 581. The molecule has 0 aliphatic rings. The number of benzene rings is 1. The zero-order valence-corrected chi connectivity index (χ0v) is 16.2. The highest BCUT2D eigenvalue weighted by atomic mass is 16.7. The van der Waals surface area contributed by atoms with Crippen molar-refractivity contribution < 1.29 is 33.3 Å². The van der Waals surface area contributed by atoms with E-state index in [9.17, 15) is 9.59 Å². The van der Waals surface area contributed by atoms with E-state index in [4.69, 9.17) is 18.9 Å². The van der Waals surface area contributed by atoms with Crippen LogP contribution in [0.3, 0.4) is 0 Å². The van der Waals surface area contributed by atoms with E-state index in [1.54, 1.807) is 13.8 Å². The van der Waals surface area contributed by atoms with Gasteiger partial charge in [-0.15, -0.1) is 0 Å². The summed E-state index contributed by atoms with van der Waals surface area (Å²) in [6.07, 6.45) is 0. The third-order valence-electron chi connectivity index (χ3n) is 2.74. The van der Waals surface area contributed by atoms with Gasteiger partial charge in [-0.1, -0.05) is 43.5 Å². The van der Waals surface area contributed by atoms with E-state index in [0.29, 0.717) is 24.4 Å². The van der Waals surface area contributed by atoms with Crippen molar-refractivity contribution in [3.63, 3.8) is 0 Å². The van der Waals surface area contributed by atoms with Gasteiger partial charge in [0.05, 0.1) is 13.2 Å². The lowest BCUT2D eigenvalue weighted by Crippen LogP contribution is -2.11. The molecule has 0 radical (unpaired) electrons. The second-order valence-electron chi connectivity index (χ2n) is 5.40. The van der Waals surface area contributed by atoms with E-state index in [1.165, 1.54) is 7.11 Å². The molecule has 0 saturated carbocycles. The molecule has 150 valence electrons. The topological polar surface area (TPSA) is 80.3 Å². The highest BCUT2D eigenvalue weighted by Crippen LogP contribution is 2.01. The molecule has 27 heavy (non-hydrogen) atoms. The molecule has 0 bridgehead atoms. The van der Waals surface area contributed by atoms with Crippen molar-refractivity contribution in [2.24, 2.45) is 0 Å². The molecule has 1 rings (SSSR count). The quantitative estimate of drug-likeness (QED) is 0.253. The van der Waals surface area contributed by atoms with Crippen molar-refractivity contribution in [1.29, 1.82) is 0 Å². The lowest BCUT2D eigenvalue weighted by atomic mass is 10.2. The Kier molecular flexibility index (Phi) is 14.3. The van der Waals surface area contributed by atoms with Gasteiger partial charge in [-0.2, -0.15) is 0 Å².